The van der Waals surface area contributed by atoms with Crippen LogP contribution in [-0.4, -0.2) is 83.0 Å². The number of thioether (sulfide) groups is 1. The van der Waals surface area contributed by atoms with Gasteiger partial charge in [0.05, 0.1) is 25.2 Å². The standard InChI is InChI=1S/C21H36N2O8S/c1-13(24)9-15(26)11-18-30-12-21(3,4)19(31-18)20(29)23-6-5-16(27)22-7-8-32-17(28)10-14(2)25/h13,15,18-19,24,26H,5-12H2,1-4H3,(H,22,27)(H,23,29)/t13?,15?,18?,19-/m0/s1. The highest BCUT2D eigenvalue weighted by Gasteiger charge is 2.43. The molecule has 4 N–H and O–H groups in total. The number of ketones is 1. The summed E-state index contributed by atoms with van der Waals surface area (Å²) in [5, 5.41) is 24.5. The van der Waals surface area contributed by atoms with E-state index in [0.717, 1.165) is 11.8 Å². The largest absolute Gasteiger partial charge is 0.393 e. The van der Waals surface area contributed by atoms with Crippen molar-refractivity contribution in [3.8, 4) is 0 Å². The minimum atomic E-state index is -0.815. The van der Waals surface area contributed by atoms with Crippen LogP contribution >= 0.6 is 11.8 Å². The molecule has 0 aromatic heterocycles. The number of carbonyl (C=O) groups is 4. The molecule has 32 heavy (non-hydrogen) atoms. The molecule has 0 aliphatic carbocycles. The van der Waals surface area contributed by atoms with Crippen LogP contribution < -0.4 is 10.6 Å². The van der Waals surface area contributed by atoms with Crippen molar-refractivity contribution in [2.75, 3.05) is 25.4 Å². The first-order chi connectivity index (χ1) is 14.9. The van der Waals surface area contributed by atoms with Gasteiger partial charge in [-0.3, -0.25) is 19.2 Å². The lowest BCUT2D eigenvalue weighted by molar-refractivity contribution is -0.261. The molecule has 184 valence electrons. The van der Waals surface area contributed by atoms with Crippen molar-refractivity contribution >= 4 is 34.5 Å². The minimum absolute atomic E-state index is 0.0674. The van der Waals surface area contributed by atoms with Crippen LogP contribution in [0.1, 0.15) is 53.4 Å². The van der Waals surface area contributed by atoms with Crippen LogP contribution in [0.25, 0.3) is 0 Å². The summed E-state index contributed by atoms with van der Waals surface area (Å²) in [5.41, 5.74) is -0.596. The molecular weight excluding hydrogens is 440 g/mol. The lowest BCUT2D eigenvalue weighted by Gasteiger charge is -2.41. The fourth-order valence-electron chi connectivity index (χ4n) is 3.10. The van der Waals surface area contributed by atoms with Crippen LogP contribution in [0.3, 0.4) is 0 Å². The van der Waals surface area contributed by atoms with Gasteiger partial charge in [0.2, 0.25) is 11.8 Å². The van der Waals surface area contributed by atoms with Gasteiger partial charge >= 0.3 is 0 Å². The van der Waals surface area contributed by atoms with Crippen molar-refractivity contribution in [1.82, 2.24) is 10.6 Å². The van der Waals surface area contributed by atoms with E-state index in [2.05, 4.69) is 10.6 Å². The van der Waals surface area contributed by atoms with Gasteiger partial charge in [0.15, 0.2) is 11.4 Å². The lowest BCUT2D eigenvalue weighted by Crippen LogP contribution is -2.54. The third kappa shape index (κ3) is 11.4. The highest BCUT2D eigenvalue weighted by atomic mass is 32.2. The maximum absolute atomic E-state index is 12.6. The average Bonchev–Trinajstić information content (AvgIpc) is 2.65. The Balaban J connectivity index is 2.35. The maximum Gasteiger partial charge on any atom is 0.249 e. The van der Waals surface area contributed by atoms with Gasteiger partial charge in [-0.1, -0.05) is 25.6 Å². The number of rotatable bonds is 13. The predicted octanol–water partition coefficient (Wildman–Crippen LogP) is 0.137. The van der Waals surface area contributed by atoms with Crippen molar-refractivity contribution in [1.29, 1.82) is 0 Å². The van der Waals surface area contributed by atoms with Crippen molar-refractivity contribution in [3.63, 3.8) is 0 Å². The van der Waals surface area contributed by atoms with Crippen LogP contribution in [0.15, 0.2) is 0 Å². The zero-order valence-corrected chi connectivity index (χ0v) is 20.0. The van der Waals surface area contributed by atoms with Gasteiger partial charge < -0.3 is 30.3 Å². The molecule has 1 saturated heterocycles. The number of Topliss-reactive ketones (excluding diaryl/α,β-unsaturated/α-hetero) is 1. The molecule has 0 bridgehead atoms. The molecular formula is C21H36N2O8S. The van der Waals surface area contributed by atoms with Crippen LogP contribution in [0.5, 0.6) is 0 Å². The molecule has 0 aromatic rings. The summed E-state index contributed by atoms with van der Waals surface area (Å²) >= 11 is 0.997. The van der Waals surface area contributed by atoms with Crippen molar-refractivity contribution < 1.29 is 38.9 Å². The molecule has 3 unspecified atom stereocenters. The van der Waals surface area contributed by atoms with E-state index in [1.807, 2.05) is 13.8 Å². The topological polar surface area (TPSA) is 151 Å². The summed E-state index contributed by atoms with van der Waals surface area (Å²) in [5.74, 6) is -0.458. The molecule has 0 spiro atoms. The first-order valence-corrected chi connectivity index (χ1v) is 11.7. The second-order valence-corrected chi connectivity index (χ2v) is 9.86. The summed E-state index contributed by atoms with van der Waals surface area (Å²) in [6, 6.07) is 0. The van der Waals surface area contributed by atoms with Gasteiger partial charge in [0, 0.05) is 37.1 Å². The summed E-state index contributed by atoms with van der Waals surface area (Å²) in [7, 11) is 0. The number of hydrogen-bond donors (Lipinski definition) is 4. The molecule has 4 atom stereocenters. The van der Waals surface area contributed by atoms with Crippen LogP contribution in [-0.2, 0) is 28.7 Å². The highest BCUT2D eigenvalue weighted by molar-refractivity contribution is 8.13. The Morgan fingerprint density at radius 2 is 1.84 bits per heavy atom. The number of hydrogen-bond acceptors (Lipinski definition) is 9. The van der Waals surface area contributed by atoms with E-state index >= 15 is 0 Å². The molecule has 1 aliphatic heterocycles. The monoisotopic (exact) mass is 476 g/mol. The van der Waals surface area contributed by atoms with E-state index < -0.39 is 30.0 Å². The molecule has 0 saturated carbocycles. The van der Waals surface area contributed by atoms with Gasteiger partial charge in [-0.15, -0.1) is 0 Å². The minimum Gasteiger partial charge on any atom is -0.393 e. The summed E-state index contributed by atoms with van der Waals surface area (Å²) < 4.78 is 11.4. The third-order valence-corrected chi connectivity index (χ3v) is 5.56. The van der Waals surface area contributed by atoms with E-state index in [1.54, 1.807) is 6.92 Å². The van der Waals surface area contributed by atoms with Crippen molar-refractivity contribution in [2.24, 2.45) is 5.41 Å². The van der Waals surface area contributed by atoms with Gasteiger partial charge in [0.25, 0.3) is 0 Å². The Bertz CT molecular complexity index is 656. The molecule has 1 rings (SSSR count). The smallest absolute Gasteiger partial charge is 0.249 e. The number of ether oxygens (including phenoxy) is 2. The Hall–Kier alpha value is -1.53. The first kappa shape index (κ1) is 28.5. The van der Waals surface area contributed by atoms with Gasteiger partial charge in [-0.05, 0) is 20.3 Å². The zero-order chi connectivity index (χ0) is 24.3. The quantitative estimate of drug-likeness (QED) is 0.215. The molecule has 1 heterocycles. The summed E-state index contributed by atoms with van der Waals surface area (Å²) in [6.07, 6.45) is -2.78. The second-order valence-electron chi connectivity index (χ2n) is 8.71. The summed E-state index contributed by atoms with van der Waals surface area (Å²) in [4.78, 5) is 46.8. The Morgan fingerprint density at radius 1 is 1.16 bits per heavy atom. The SMILES string of the molecule is CC(=O)CC(=O)SCCNC(=O)CCNC(=O)[C@@H]1OC(CC(O)CC(C)O)OCC1(C)C. The Kier molecular flexibility index (Phi) is 12.4. The number of amides is 2. The van der Waals surface area contributed by atoms with E-state index in [1.165, 1.54) is 6.92 Å². The third-order valence-electron chi connectivity index (χ3n) is 4.69. The normalized spacial score (nSPS) is 21.9. The summed E-state index contributed by atoms with van der Waals surface area (Å²) in [6.45, 7) is 7.25. The average molecular weight is 477 g/mol. The molecule has 10 nitrogen and oxygen atoms in total. The fourth-order valence-corrected chi connectivity index (χ4v) is 3.84. The zero-order valence-electron chi connectivity index (χ0n) is 19.2. The fraction of sp³-hybridized carbons (Fsp3) is 0.810. The van der Waals surface area contributed by atoms with Crippen molar-refractivity contribution in [3.05, 3.63) is 0 Å². The second kappa shape index (κ2) is 13.9. The number of aliphatic hydroxyl groups is 2. The van der Waals surface area contributed by atoms with Crippen molar-refractivity contribution in [2.45, 2.75) is 78.0 Å². The molecule has 0 aromatic carbocycles. The maximum atomic E-state index is 12.6. The lowest BCUT2D eigenvalue weighted by atomic mass is 9.85. The van der Waals surface area contributed by atoms with Gasteiger partial charge in [0.1, 0.15) is 11.9 Å². The van der Waals surface area contributed by atoms with Gasteiger partial charge in [-0.2, -0.15) is 0 Å². The van der Waals surface area contributed by atoms with Crippen LogP contribution in [0, 0.1) is 5.41 Å². The van der Waals surface area contributed by atoms with Crippen LogP contribution in [0.2, 0.25) is 0 Å². The molecule has 1 fully saturated rings. The Labute approximate surface area is 193 Å². The molecule has 1 aliphatic rings. The Morgan fingerprint density at radius 3 is 2.47 bits per heavy atom. The van der Waals surface area contributed by atoms with Crippen LogP contribution in [0.4, 0.5) is 0 Å². The molecule has 11 heteroatoms. The predicted molar refractivity (Wildman–Crippen MR) is 119 cm³/mol. The number of nitrogens with one attached hydrogen (secondary N) is 2. The van der Waals surface area contributed by atoms with E-state index in [4.69, 9.17) is 9.47 Å². The number of carbonyl (C=O) groups excluding carboxylic acids is 4. The van der Waals surface area contributed by atoms with E-state index in [9.17, 15) is 29.4 Å². The van der Waals surface area contributed by atoms with Gasteiger partial charge in [-0.25, -0.2) is 0 Å². The van der Waals surface area contributed by atoms with E-state index in [-0.39, 0.29) is 68.1 Å². The van der Waals surface area contributed by atoms with E-state index in [0.29, 0.717) is 5.75 Å². The number of aliphatic hydroxyl groups excluding tert-OH is 2. The highest BCUT2D eigenvalue weighted by Crippen LogP contribution is 2.32. The molecule has 0 radical (unpaired) electrons. The molecule has 2 amide bonds. The first-order valence-electron chi connectivity index (χ1n) is 10.7.